The van der Waals surface area contributed by atoms with Gasteiger partial charge in [-0.05, 0) is 25.6 Å². The molecule has 0 radical (unpaired) electrons. The highest BCUT2D eigenvalue weighted by Gasteiger charge is 2.05. The largest absolute Gasteiger partial charge is 0.411 e. The molecule has 0 atom stereocenters. The zero-order valence-electron chi connectivity index (χ0n) is 8.52. The van der Waals surface area contributed by atoms with E-state index in [1.165, 1.54) is 0 Å². The summed E-state index contributed by atoms with van der Waals surface area (Å²) in [6.45, 7) is 0. The lowest BCUT2D eigenvalue weighted by Gasteiger charge is -2.08. The Morgan fingerprint density at radius 2 is 2.00 bits per heavy atom. The SMILES string of the molecule is [2H]C1([2H])CCCC([2H])([2H])C1=NO. The number of hydrogen-bond donors (Lipinski definition) is 1. The van der Waals surface area contributed by atoms with Crippen LogP contribution in [0.5, 0.6) is 0 Å². The van der Waals surface area contributed by atoms with Gasteiger partial charge in [-0.3, -0.25) is 0 Å². The Morgan fingerprint density at radius 1 is 1.38 bits per heavy atom. The molecule has 2 heteroatoms. The van der Waals surface area contributed by atoms with Gasteiger partial charge in [0.2, 0.25) is 0 Å². The summed E-state index contributed by atoms with van der Waals surface area (Å²) in [4.78, 5) is 0. The van der Waals surface area contributed by atoms with Crippen molar-refractivity contribution in [2.24, 2.45) is 5.16 Å². The van der Waals surface area contributed by atoms with E-state index in [4.69, 9.17) is 10.7 Å². The third-order valence-corrected chi connectivity index (χ3v) is 1.04. The van der Waals surface area contributed by atoms with Crippen LogP contribution in [0.15, 0.2) is 5.16 Å². The highest BCUT2D eigenvalue weighted by Crippen LogP contribution is 2.13. The molecule has 1 fully saturated rings. The summed E-state index contributed by atoms with van der Waals surface area (Å²) in [5, 5.41) is 11.2. The monoisotopic (exact) mass is 117 g/mol. The molecular weight excluding hydrogens is 102 g/mol. The van der Waals surface area contributed by atoms with Crippen molar-refractivity contribution in [3.63, 3.8) is 0 Å². The summed E-state index contributed by atoms with van der Waals surface area (Å²) in [6, 6.07) is 0. The van der Waals surface area contributed by atoms with Crippen LogP contribution in [0.4, 0.5) is 0 Å². The molecule has 0 saturated heterocycles. The molecule has 0 spiro atoms. The fourth-order valence-corrected chi connectivity index (χ4v) is 0.635. The fraction of sp³-hybridized carbons (Fsp3) is 0.833. The van der Waals surface area contributed by atoms with Gasteiger partial charge in [-0.15, -0.1) is 0 Å². The molecular formula is C6H11NO. The van der Waals surface area contributed by atoms with E-state index in [1.54, 1.807) is 0 Å². The minimum atomic E-state index is -1.80. The topological polar surface area (TPSA) is 32.6 Å². The van der Waals surface area contributed by atoms with Crippen LogP contribution in [0, 0.1) is 0 Å². The Kier molecular flexibility index (Phi) is 0.802. The number of nitrogens with zero attached hydrogens (tertiary/aromatic N) is 1. The number of oxime groups is 1. The Hall–Kier alpha value is -0.530. The normalized spacial score (nSPS) is 40.8. The van der Waals surface area contributed by atoms with E-state index in [0.717, 1.165) is 0 Å². The maximum atomic E-state index is 8.47. The third kappa shape index (κ3) is 1.22. The van der Waals surface area contributed by atoms with Crippen LogP contribution in [0.1, 0.15) is 37.5 Å². The average molecular weight is 117 g/mol. The molecule has 1 aliphatic rings. The van der Waals surface area contributed by atoms with Gasteiger partial charge < -0.3 is 5.21 Å². The second kappa shape index (κ2) is 2.70. The average Bonchev–Trinajstić information content (AvgIpc) is 1.83. The first-order chi connectivity index (χ1) is 5.40. The van der Waals surface area contributed by atoms with E-state index >= 15 is 0 Å². The molecule has 0 heterocycles. The molecule has 1 rings (SSSR count). The first-order valence-electron chi connectivity index (χ1n) is 4.63. The molecule has 0 aromatic rings. The summed E-state index contributed by atoms with van der Waals surface area (Å²) in [6.07, 6.45) is -2.65. The van der Waals surface area contributed by atoms with Crippen LogP contribution >= 0.6 is 0 Å². The van der Waals surface area contributed by atoms with E-state index < -0.39 is 12.7 Å². The Bertz CT molecular complexity index is 196. The predicted octanol–water partition coefficient (Wildman–Crippen LogP) is 1.78. The van der Waals surface area contributed by atoms with Crippen LogP contribution in [0.25, 0.3) is 0 Å². The Morgan fingerprint density at radius 3 is 2.38 bits per heavy atom. The smallest absolute Gasteiger partial charge is 0.0570 e. The molecule has 46 valence electrons. The molecule has 0 bridgehead atoms. The van der Waals surface area contributed by atoms with Gasteiger partial charge in [-0.2, -0.15) is 0 Å². The van der Waals surface area contributed by atoms with Gasteiger partial charge >= 0.3 is 0 Å². The summed E-state index contributed by atoms with van der Waals surface area (Å²) in [7, 11) is 0. The van der Waals surface area contributed by atoms with Crippen LogP contribution in [0.3, 0.4) is 0 Å². The van der Waals surface area contributed by atoms with Crippen molar-refractivity contribution in [2.75, 3.05) is 0 Å². The standard InChI is InChI=1S/C6H11NO/c8-7-6-4-2-1-3-5-6/h8H,1-5H2/i4D2,5D2. The number of rotatable bonds is 0. The number of hydrogen-bond acceptors (Lipinski definition) is 2. The van der Waals surface area contributed by atoms with Crippen LogP contribution in [-0.4, -0.2) is 10.9 Å². The zero-order valence-corrected chi connectivity index (χ0v) is 4.52. The van der Waals surface area contributed by atoms with Crippen LogP contribution in [0.2, 0.25) is 0 Å². The molecule has 8 heavy (non-hydrogen) atoms. The quantitative estimate of drug-likeness (QED) is 0.380. The summed E-state index contributed by atoms with van der Waals surface area (Å²) in [5.74, 6) is 0. The van der Waals surface area contributed by atoms with Gasteiger partial charge in [-0.1, -0.05) is 11.6 Å². The molecule has 0 aliphatic heterocycles. The first kappa shape index (κ1) is 2.38. The van der Waals surface area contributed by atoms with Gasteiger partial charge in [0, 0.05) is 5.48 Å². The van der Waals surface area contributed by atoms with Crippen molar-refractivity contribution in [1.29, 1.82) is 0 Å². The van der Waals surface area contributed by atoms with E-state index in [-0.39, 0.29) is 18.6 Å². The van der Waals surface area contributed by atoms with Gasteiger partial charge in [0.25, 0.3) is 0 Å². The molecule has 0 aromatic heterocycles. The van der Waals surface area contributed by atoms with Gasteiger partial charge in [0.15, 0.2) is 0 Å². The minimum Gasteiger partial charge on any atom is -0.411 e. The van der Waals surface area contributed by atoms with Crippen LogP contribution in [-0.2, 0) is 0 Å². The lowest BCUT2D eigenvalue weighted by molar-refractivity contribution is 0.314. The summed E-state index contributed by atoms with van der Waals surface area (Å²) < 4.78 is 29.5. The highest BCUT2D eigenvalue weighted by atomic mass is 16.4. The second-order valence-corrected chi connectivity index (χ2v) is 1.66. The van der Waals surface area contributed by atoms with Crippen molar-refractivity contribution < 1.29 is 10.7 Å². The first-order valence-corrected chi connectivity index (χ1v) is 2.63. The second-order valence-electron chi connectivity index (χ2n) is 1.66. The molecule has 0 unspecified atom stereocenters. The maximum Gasteiger partial charge on any atom is 0.0570 e. The van der Waals surface area contributed by atoms with Crippen molar-refractivity contribution in [1.82, 2.24) is 0 Å². The summed E-state index contributed by atoms with van der Waals surface area (Å²) >= 11 is 0. The molecule has 1 saturated carbocycles. The Balaban J connectivity index is 2.98. The van der Waals surface area contributed by atoms with Crippen molar-refractivity contribution in [2.45, 2.75) is 32.0 Å². The van der Waals surface area contributed by atoms with E-state index in [2.05, 4.69) is 5.16 Å². The highest BCUT2D eigenvalue weighted by molar-refractivity contribution is 5.84. The lowest BCUT2D eigenvalue weighted by atomic mass is 9.99. The van der Waals surface area contributed by atoms with Crippen molar-refractivity contribution in [3.8, 4) is 0 Å². The van der Waals surface area contributed by atoms with Gasteiger partial charge in [0.05, 0.1) is 5.71 Å². The molecule has 1 aliphatic carbocycles. The van der Waals surface area contributed by atoms with E-state index in [9.17, 15) is 0 Å². The maximum absolute atomic E-state index is 8.47. The predicted molar refractivity (Wildman–Crippen MR) is 32.3 cm³/mol. The molecule has 0 amide bonds. The molecule has 0 aromatic carbocycles. The lowest BCUT2D eigenvalue weighted by Crippen LogP contribution is -2.03. The molecule has 1 N–H and O–H groups in total. The fourth-order valence-electron chi connectivity index (χ4n) is 0.635. The van der Waals surface area contributed by atoms with Gasteiger partial charge in [0.1, 0.15) is 0 Å². The van der Waals surface area contributed by atoms with Gasteiger partial charge in [-0.25, -0.2) is 0 Å². The summed E-state index contributed by atoms with van der Waals surface area (Å²) in [5.41, 5.74) is -0.374. The van der Waals surface area contributed by atoms with Crippen molar-refractivity contribution in [3.05, 3.63) is 0 Å². The third-order valence-electron chi connectivity index (χ3n) is 1.04. The van der Waals surface area contributed by atoms with E-state index in [1.807, 2.05) is 0 Å². The Labute approximate surface area is 54.8 Å². The van der Waals surface area contributed by atoms with Crippen molar-refractivity contribution >= 4 is 5.71 Å². The zero-order chi connectivity index (χ0) is 9.41. The van der Waals surface area contributed by atoms with Crippen LogP contribution < -0.4 is 0 Å². The minimum absolute atomic E-state index is 0.228. The van der Waals surface area contributed by atoms with E-state index in [0.29, 0.717) is 6.42 Å². The molecule has 2 nitrogen and oxygen atoms in total.